The molecule has 4 N–H and O–H groups in total. The van der Waals surface area contributed by atoms with Crippen LogP contribution in [0.4, 0.5) is 11.4 Å². The van der Waals surface area contributed by atoms with E-state index < -0.39 is 0 Å². The van der Waals surface area contributed by atoms with Crippen LogP contribution < -0.4 is 21.1 Å². The van der Waals surface area contributed by atoms with Gasteiger partial charge in [0.15, 0.2) is 0 Å². The van der Waals surface area contributed by atoms with E-state index in [9.17, 15) is 4.79 Å². The van der Waals surface area contributed by atoms with E-state index in [0.717, 1.165) is 30.1 Å². The smallest absolute Gasteiger partial charge is 0.221 e. The molecule has 1 rings (SSSR count). The zero-order valence-corrected chi connectivity index (χ0v) is 10.2. The Balaban J connectivity index is 2.78. The molecule has 1 aromatic rings. The van der Waals surface area contributed by atoms with Gasteiger partial charge in [0.05, 0.1) is 12.8 Å². The summed E-state index contributed by atoms with van der Waals surface area (Å²) in [4.78, 5) is 11.0. The van der Waals surface area contributed by atoms with Crippen molar-refractivity contribution in [3.63, 3.8) is 0 Å². The zero-order chi connectivity index (χ0) is 12.7. The van der Waals surface area contributed by atoms with Crippen molar-refractivity contribution in [3.05, 3.63) is 18.2 Å². The number of nitrogens with two attached hydrogens (primary N) is 1. The number of carbonyl (C=O) groups is 1. The molecule has 0 aliphatic carbocycles. The second kappa shape index (κ2) is 6.75. The van der Waals surface area contributed by atoms with Crippen LogP contribution in [0.1, 0.15) is 13.3 Å². The predicted octanol–water partition coefficient (Wildman–Crippen LogP) is 1.41. The monoisotopic (exact) mass is 237 g/mol. The van der Waals surface area contributed by atoms with Gasteiger partial charge in [0.2, 0.25) is 5.91 Å². The van der Waals surface area contributed by atoms with E-state index >= 15 is 0 Å². The summed E-state index contributed by atoms with van der Waals surface area (Å²) in [7, 11) is 1.61. The Hall–Kier alpha value is -1.75. The van der Waals surface area contributed by atoms with E-state index in [0.29, 0.717) is 6.54 Å². The SMILES string of the molecule is COc1ccc(NC(C)=O)cc1NCCCN. The van der Waals surface area contributed by atoms with Gasteiger partial charge in [-0.2, -0.15) is 0 Å². The number of nitrogens with one attached hydrogen (secondary N) is 2. The average Bonchev–Trinajstić information content (AvgIpc) is 2.29. The van der Waals surface area contributed by atoms with E-state index in [-0.39, 0.29) is 5.91 Å². The normalized spacial score (nSPS) is 9.82. The summed E-state index contributed by atoms with van der Waals surface area (Å²) in [5.74, 6) is 0.652. The van der Waals surface area contributed by atoms with Gasteiger partial charge in [-0.3, -0.25) is 4.79 Å². The molecule has 5 nitrogen and oxygen atoms in total. The van der Waals surface area contributed by atoms with E-state index in [4.69, 9.17) is 10.5 Å². The standard InChI is InChI=1S/C12H19N3O2/c1-9(16)15-10-4-5-12(17-2)11(8-10)14-7-3-6-13/h4-5,8,14H,3,6-7,13H2,1-2H3,(H,15,16). The van der Waals surface area contributed by atoms with Gasteiger partial charge in [-0.15, -0.1) is 0 Å². The number of hydrogen-bond acceptors (Lipinski definition) is 4. The minimum Gasteiger partial charge on any atom is -0.495 e. The van der Waals surface area contributed by atoms with Crippen LogP contribution in [0.2, 0.25) is 0 Å². The molecule has 0 fully saturated rings. The highest BCUT2D eigenvalue weighted by atomic mass is 16.5. The molecule has 0 radical (unpaired) electrons. The molecular formula is C12H19N3O2. The first-order valence-corrected chi connectivity index (χ1v) is 5.57. The lowest BCUT2D eigenvalue weighted by Gasteiger charge is -2.12. The molecule has 5 heteroatoms. The van der Waals surface area contributed by atoms with Crippen LogP contribution in [0.15, 0.2) is 18.2 Å². The van der Waals surface area contributed by atoms with Gasteiger partial charge >= 0.3 is 0 Å². The van der Waals surface area contributed by atoms with Crippen molar-refractivity contribution >= 4 is 17.3 Å². The molecule has 0 heterocycles. The predicted molar refractivity (Wildman–Crippen MR) is 69.5 cm³/mol. The molecular weight excluding hydrogens is 218 g/mol. The molecule has 0 aromatic heterocycles. The lowest BCUT2D eigenvalue weighted by atomic mass is 10.2. The van der Waals surface area contributed by atoms with Gasteiger partial charge < -0.3 is 21.1 Å². The Morgan fingerprint density at radius 3 is 2.82 bits per heavy atom. The van der Waals surface area contributed by atoms with E-state index in [1.807, 2.05) is 12.1 Å². The molecule has 0 bridgehead atoms. The molecule has 0 saturated heterocycles. The number of rotatable bonds is 6. The van der Waals surface area contributed by atoms with Crippen molar-refractivity contribution in [1.29, 1.82) is 0 Å². The summed E-state index contributed by atoms with van der Waals surface area (Å²) in [5.41, 5.74) is 7.03. The Morgan fingerprint density at radius 2 is 2.24 bits per heavy atom. The number of carbonyl (C=O) groups excluding carboxylic acids is 1. The molecule has 0 aliphatic heterocycles. The fourth-order valence-electron chi connectivity index (χ4n) is 1.45. The first kappa shape index (κ1) is 13.3. The van der Waals surface area contributed by atoms with Crippen molar-refractivity contribution in [1.82, 2.24) is 0 Å². The number of benzene rings is 1. The summed E-state index contributed by atoms with van der Waals surface area (Å²) in [6.45, 7) is 2.89. The maximum atomic E-state index is 11.0. The zero-order valence-electron chi connectivity index (χ0n) is 10.2. The van der Waals surface area contributed by atoms with E-state index in [1.165, 1.54) is 6.92 Å². The van der Waals surface area contributed by atoms with Crippen molar-refractivity contribution in [2.45, 2.75) is 13.3 Å². The number of anilines is 2. The van der Waals surface area contributed by atoms with Gasteiger partial charge in [-0.05, 0) is 31.2 Å². The third kappa shape index (κ3) is 4.32. The van der Waals surface area contributed by atoms with E-state index in [1.54, 1.807) is 13.2 Å². The van der Waals surface area contributed by atoms with Crippen LogP contribution in [0.3, 0.4) is 0 Å². The summed E-state index contributed by atoms with van der Waals surface area (Å²) < 4.78 is 5.23. The second-order valence-electron chi connectivity index (χ2n) is 3.67. The molecule has 1 aromatic carbocycles. The van der Waals surface area contributed by atoms with Gasteiger partial charge in [0.25, 0.3) is 0 Å². The summed E-state index contributed by atoms with van der Waals surface area (Å²) in [6.07, 6.45) is 0.882. The van der Waals surface area contributed by atoms with Gasteiger partial charge in [-0.1, -0.05) is 0 Å². The quantitative estimate of drug-likeness (QED) is 0.654. The van der Waals surface area contributed by atoms with Gasteiger partial charge in [0, 0.05) is 19.2 Å². The third-order valence-corrected chi connectivity index (χ3v) is 2.22. The Bertz CT molecular complexity index is 380. The minimum absolute atomic E-state index is 0.0944. The fraction of sp³-hybridized carbons (Fsp3) is 0.417. The molecule has 1 amide bonds. The van der Waals surface area contributed by atoms with E-state index in [2.05, 4.69) is 10.6 Å². The lowest BCUT2D eigenvalue weighted by molar-refractivity contribution is -0.114. The maximum Gasteiger partial charge on any atom is 0.221 e. The average molecular weight is 237 g/mol. The van der Waals surface area contributed by atoms with Gasteiger partial charge in [0.1, 0.15) is 5.75 Å². The first-order chi connectivity index (χ1) is 8.17. The lowest BCUT2D eigenvalue weighted by Crippen LogP contribution is -2.10. The first-order valence-electron chi connectivity index (χ1n) is 5.57. The third-order valence-electron chi connectivity index (χ3n) is 2.22. The summed E-state index contributed by atoms with van der Waals surface area (Å²) >= 11 is 0. The molecule has 0 saturated carbocycles. The van der Waals surface area contributed by atoms with Crippen LogP contribution in [0, 0.1) is 0 Å². The van der Waals surface area contributed by atoms with Crippen molar-refractivity contribution in [2.75, 3.05) is 30.8 Å². The highest BCUT2D eigenvalue weighted by Gasteiger charge is 2.04. The highest BCUT2D eigenvalue weighted by molar-refractivity contribution is 5.89. The molecule has 0 spiro atoms. The summed E-state index contributed by atoms with van der Waals surface area (Å²) in [5, 5.41) is 5.95. The molecule has 0 aliphatic rings. The van der Waals surface area contributed by atoms with Crippen molar-refractivity contribution < 1.29 is 9.53 Å². The number of ether oxygens (including phenoxy) is 1. The molecule has 0 unspecified atom stereocenters. The number of amides is 1. The van der Waals surface area contributed by atoms with Crippen LogP contribution in [0.25, 0.3) is 0 Å². The topological polar surface area (TPSA) is 76.4 Å². The van der Waals surface area contributed by atoms with Gasteiger partial charge in [-0.25, -0.2) is 0 Å². The highest BCUT2D eigenvalue weighted by Crippen LogP contribution is 2.27. The largest absolute Gasteiger partial charge is 0.495 e. The van der Waals surface area contributed by atoms with Crippen molar-refractivity contribution in [2.24, 2.45) is 5.73 Å². The van der Waals surface area contributed by atoms with Crippen LogP contribution in [-0.2, 0) is 4.79 Å². The summed E-state index contributed by atoms with van der Waals surface area (Å²) in [6, 6.07) is 5.46. The Labute approximate surface area is 101 Å². The number of methoxy groups -OCH3 is 1. The van der Waals surface area contributed by atoms with Crippen LogP contribution in [0.5, 0.6) is 5.75 Å². The van der Waals surface area contributed by atoms with Crippen molar-refractivity contribution in [3.8, 4) is 5.75 Å². The fourth-order valence-corrected chi connectivity index (χ4v) is 1.45. The van der Waals surface area contributed by atoms with Crippen LogP contribution in [-0.4, -0.2) is 26.1 Å². The molecule has 94 valence electrons. The van der Waals surface area contributed by atoms with Crippen LogP contribution >= 0.6 is 0 Å². The Morgan fingerprint density at radius 1 is 1.47 bits per heavy atom. The molecule has 0 atom stereocenters. The second-order valence-corrected chi connectivity index (χ2v) is 3.67. The molecule has 17 heavy (non-hydrogen) atoms. The minimum atomic E-state index is -0.0944. The number of hydrogen-bond donors (Lipinski definition) is 3. The Kier molecular flexibility index (Phi) is 5.29. The maximum absolute atomic E-state index is 11.0.